The Morgan fingerprint density at radius 1 is 1.05 bits per heavy atom. The van der Waals surface area contributed by atoms with Crippen LogP contribution < -0.4 is 10.6 Å². The number of pyridine rings is 2. The number of hydrogen-bond acceptors (Lipinski definition) is 8. The number of aldehydes is 1. The Labute approximate surface area is 233 Å². The van der Waals surface area contributed by atoms with Crippen molar-refractivity contribution >= 4 is 23.7 Å². The van der Waals surface area contributed by atoms with Crippen LogP contribution in [0.5, 0.6) is 0 Å². The standard InChI is InChI=1S/C21H21N5O.C10H10N2O/c1-13-3-6-16(22-2)10-17(13)19-12-23-11-18(25-19)15-7-8-24-20(9-15)26-21(27)14-4-5-14;1-10(2,7-11)9-5-8(6-13)3-4-12-9/h3,6-12,14,22H,4-5H2,1-2H3,(H,24,26,27);3-6H,1-2H3. The van der Waals surface area contributed by atoms with E-state index < -0.39 is 5.41 Å². The first-order valence-corrected chi connectivity index (χ1v) is 12.9. The van der Waals surface area contributed by atoms with Crippen molar-refractivity contribution in [3.05, 3.63) is 84.1 Å². The van der Waals surface area contributed by atoms with Gasteiger partial charge in [0.15, 0.2) is 0 Å². The molecular formula is C31H31N7O2. The molecule has 1 amide bonds. The van der Waals surface area contributed by atoms with Crippen LogP contribution in [0.15, 0.2) is 67.3 Å². The van der Waals surface area contributed by atoms with Crippen LogP contribution in [0.1, 0.15) is 48.3 Å². The normalized spacial score (nSPS) is 12.4. The summed E-state index contributed by atoms with van der Waals surface area (Å²) in [7, 11) is 1.89. The minimum atomic E-state index is -0.640. The number of nitrogens with one attached hydrogen (secondary N) is 2. The zero-order chi connectivity index (χ0) is 28.7. The SMILES string of the molecule is CC(C)(C#N)c1cc(C=O)ccn1.CNc1ccc(C)c(-c2cncc(-c3ccnc(NC(=O)C4CC4)c3)n2)c1. The zero-order valence-corrected chi connectivity index (χ0v) is 23.0. The first kappa shape index (κ1) is 28.0. The van der Waals surface area contributed by atoms with E-state index in [0.29, 0.717) is 17.1 Å². The number of aromatic nitrogens is 4. The van der Waals surface area contributed by atoms with E-state index in [1.54, 1.807) is 44.6 Å². The largest absolute Gasteiger partial charge is 0.388 e. The van der Waals surface area contributed by atoms with E-state index in [1.807, 2.05) is 25.2 Å². The lowest BCUT2D eigenvalue weighted by atomic mass is 9.90. The smallest absolute Gasteiger partial charge is 0.228 e. The van der Waals surface area contributed by atoms with Gasteiger partial charge in [0.05, 0.1) is 41.0 Å². The van der Waals surface area contributed by atoms with Gasteiger partial charge in [-0.25, -0.2) is 9.97 Å². The Morgan fingerprint density at radius 3 is 2.50 bits per heavy atom. The number of rotatable bonds is 7. The fourth-order valence-corrected chi connectivity index (χ4v) is 3.84. The summed E-state index contributed by atoms with van der Waals surface area (Å²) in [6.45, 7) is 5.59. The predicted octanol–water partition coefficient (Wildman–Crippen LogP) is 5.60. The van der Waals surface area contributed by atoms with Gasteiger partial charge in [0.25, 0.3) is 0 Å². The maximum absolute atomic E-state index is 12.0. The molecule has 4 aromatic rings. The van der Waals surface area contributed by atoms with Gasteiger partial charge in [-0.3, -0.25) is 19.6 Å². The van der Waals surface area contributed by atoms with Crippen molar-refractivity contribution in [2.75, 3.05) is 17.7 Å². The fraction of sp³-hybridized carbons (Fsp3) is 0.258. The lowest BCUT2D eigenvalue weighted by Gasteiger charge is -2.13. The number of hydrogen-bond donors (Lipinski definition) is 2. The second-order valence-corrected chi connectivity index (χ2v) is 10.1. The molecule has 0 saturated heterocycles. The molecule has 1 fully saturated rings. The van der Waals surface area contributed by atoms with E-state index in [9.17, 15) is 9.59 Å². The molecule has 1 aliphatic carbocycles. The van der Waals surface area contributed by atoms with Gasteiger partial charge in [0, 0.05) is 47.7 Å². The molecule has 0 bridgehead atoms. The van der Waals surface area contributed by atoms with Crippen LogP contribution in [0.4, 0.5) is 11.5 Å². The Bertz CT molecular complexity index is 1570. The molecule has 0 aliphatic heterocycles. The number of carbonyl (C=O) groups is 2. The maximum Gasteiger partial charge on any atom is 0.228 e. The lowest BCUT2D eigenvalue weighted by Crippen LogP contribution is -2.16. The molecule has 1 saturated carbocycles. The van der Waals surface area contributed by atoms with Gasteiger partial charge in [-0.1, -0.05) is 6.07 Å². The number of amides is 1. The van der Waals surface area contributed by atoms with Crippen LogP contribution in [0, 0.1) is 24.2 Å². The highest BCUT2D eigenvalue weighted by Gasteiger charge is 2.29. The quantitative estimate of drug-likeness (QED) is 0.293. The van der Waals surface area contributed by atoms with Crippen molar-refractivity contribution in [3.63, 3.8) is 0 Å². The number of nitrogens with zero attached hydrogens (tertiary/aromatic N) is 5. The van der Waals surface area contributed by atoms with Gasteiger partial charge in [0.1, 0.15) is 12.1 Å². The van der Waals surface area contributed by atoms with Gasteiger partial charge in [-0.05, 0) is 75.6 Å². The molecule has 3 aromatic heterocycles. The van der Waals surface area contributed by atoms with E-state index in [4.69, 9.17) is 10.2 Å². The van der Waals surface area contributed by atoms with Crippen molar-refractivity contribution in [3.8, 4) is 28.6 Å². The van der Waals surface area contributed by atoms with Crippen LogP contribution in [-0.2, 0) is 10.2 Å². The Morgan fingerprint density at radius 2 is 1.80 bits per heavy atom. The predicted molar refractivity (Wildman–Crippen MR) is 155 cm³/mol. The number of carbonyl (C=O) groups excluding carboxylic acids is 2. The third kappa shape index (κ3) is 6.91. The molecule has 9 heteroatoms. The number of aryl methyl sites for hydroxylation is 1. The van der Waals surface area contributed by atoms with Crippen molar-refractivity contribution < 1.29 is 9.59 Å². The topological polar surface area (TPSA) is 134 Å². The summed E-state index contributed by atoms with van der Waals surface area (Å²) < 4.78 is 0. The van der Waals surface area contributed by atoms with Gasteiger partial charge < -0.3 is 10.6 Å². The molecule has 1 aliphatic rings. The lowest BCUT2D eigenvalue weighted by molar-refractivity contribution is -0.117. The molecule has 3 heterocycles. The molecule has 0 spiro atoms. The van der Waals surface area contributed by atoms with Crippen LogP contribution in [0.25, 0.3) is 22.5 Å². The summed E-state index contributed by atoms with van der Waals surface area (Å²) in [6, 6.07) is 15.3. The first-order valence-electron chi connectivity index (χ1n) is 12.9. The molecule has 2 N–H and O–H groups in total. The summed E-state index contributed by atoms with van der Waals surface area (Å²) in [5.74, 6) is 0.727. The van der Waals surface area contributed by atoms with Crippen molar-refractivity contribution in [1.82, 2.24) is 19.9 Å². The molecule has 0 radical (unpaired) electrons. The summed E-state index contributed by atoms with van der Waals surface area (Å²) in [5, 5.41) is 14.9. The highest BCUT2D eigenvalue weighted by molar-refractivity contribution is 5.93. The minimum Gasteiger partial charge on any atom is -0.388 e. The van der Waals surface area contributed by atoms with Crippen LogP contribution in [0.3, 0.4) is 0 Å². The van der Waals surface area contributed by atoms with Crippen LogP contribution >= 0.6 is 0 Å². The summed E-state index contributed by atoms with van der Waals surface area (Å²) in [4.78, 5) is 39.9. The Hall–Kier alpha value is -4.97. The molecule has 5 rings (SSSR count). The minimum absolute atomic E-state index is 0.0407. The number of anilines is 2. The second kappa shape index (κ2) is 12.3. The third-order valence-corrected chi connectivity index (χ3v) is 6.53. The monoisotopic (exact) mass is 533 g/mol. The average molecular weight is 534 g/mol. The van der Waals surface area contributed by atoms with Crippen molar-refractivity contribution in [1.29, 1.82) is 5.26 Å². The highest BCUT2D eigenvalue weighted by atomic mass is 16.2. The second-order valence-electron chi connectivity index (χ2n) is 10.1. The molecule has 40 heavy (non-hydrogen) atoms. The fourth-order valence-electron chi connectivity index (χ4n) is 3.84. The zero-order valence-electron chi connectivity index (χ0n) is 23.0. The van der Waals surface area contributed by atoms with Gasteiger partial charge in [0.2, 0.25) is 5.91 Å². The van der Waals surface area contributed by atoms with Gasteiger partial charge >= 0.3 is 0 Å². The van der Waals surface area contributed by atoms with E-state index in [-0.39, 0.29) is 11.8 Å². The molecule has 202 valence electrons. The van der Waals surface area contributed by atoms with E-state index in [0.717, 1.165) is 52.9 Å². The Kier molecular flexibility index (Phi) is 8.60. The van der Waals surface area contributed by atoms with Crippen LogP contribution in [0.2, 0.25) is 0 Å². The molecule has 0 unspecified atom stereocenters. The average Bonchev–Trinajstić information content (AvgIpc) is 3.84. The number of nitriles is 1. The molecular weight excluding hydrogens is 502 g/mol. The highest BCUT2D eigenvalue weighted by Crippen LogP contribution is 2.31. The van der Waals surface area contributed by atoms with E-state index in [2.05, 4.69) is 50.7 Å². The van der Waals surface area contributed by atoms with Crippen LogP contribution in [-0.4, -0.2) is 39.2 Å². The molecule has 9 nitrogen and oxygen atoms in total. The van der Waals surface area contributed by atoms with Gasteiger partial charge in [-0.15, -0.1) is 0 Å². The summed E-state index contributed by atoms with van der Waals surface area (Å²) in [5.41, 5.74) is 6.14. The third-order valence-electron chi connectivity index (χ3n) is 6.53. The Balaban J connectivity index is 0.000000240. The molecule has 1 aromatic carbocycles. The van der Waals surface area contributed by atoms with Crippen molar-refractivity contribution in [2.45, 2.75) is 39.0 Å². The first-order chi connectivity index (χ1) is 19.2. The summed E-state index contributed by atoms with van der Waals surface area (Å²) >= 11 is 0. The number of benzene rings is 1. The maximum atomic E-state index is 12.0. The van der Waals surface area contributed by atoms with Gasteiger partial charge in [-0.2, -0.15) is 5.26 Å². The summed E-state index contributed by atoms with van der Waals surface area (Å²) in [6.07, 6.45) is 9.38. The van der Waals surface area contributed by atoms with E-state index >= 15 is 0 Å². The molecule has 0 atom stereocenters. The van der Waals surface area contributed by atoms with Crippen molar-refractivity contribution in [2.24, 2.45) is 5.92 Å². The van der Waals surface area contributed by atoms with E-state index in [1.165, 1.54) is 6.20 Å².